The summed E-state index contributed by atoms with van der Waals surface area (Å²) in [5.41, 5.74) is 7.79. The van der Waals surface area contributed by atoms with Crippen molar-refractivity contribution < 1.29 is 27.6 Å². The van der Waals surface area contributed by atoms with Crippen molar-refractivity contribution in [2.75, 3.05) is 10.2 Å². The molecule has 1 aliphatic heterocycles. The lowest BCUT2D eigenvalue weighted by atomic mass is 10.0. The highest BCUT2D eigenvalue weighted by Crippen LogP contribution is 2.45. The van der Waals surface area contributed by atoms with Gasteiger partial charge in [0.05, 0.1) is 16.8 Å². The highest BCUT2D eigenvalue weighted by atomic mass is 19.4. The number of benzene rings is 3. The number of hydrazine groups is 1. The van der Waals surface area contributed by atoms with Gasteiger partial charge in [-0.05, 0) is 68.3 Å². The smallest absolute Gasteiger partial charge is 0.326 e. The van der Waals surface area contributed by atoms with Gasteiger partial charge >= 0.3 is 6.18 Å². The van der Waals surface area contributed by atoms with Crippen molar-refractivity contribution in [3.63, 3.8) is 0 Å². The minimum Gasteiger partial charge on any atom is -0.326 e. The third-order valence-electron chi connectivity index (χ3n) is 6.12. The van der Waals surface area contributed by atoms with Gasteiger partial charge in [-0.1, -0.05) is 30.3 Å². The maximum absolute atomic E-state index is 13.6. The Morgan fingerprint density at radius 2 is 1.49 bits per heavy atom. The fourth-order valence-corrected chi connectivity index (χ4v) is 4.40. The fraction of sp³-hybridized carbons (Fsp3) is 0.207. The van der Waals surface area contributed by atoms with Gasteiger partial charge in [0.2, 0.25) is 11.8 Å². The van der Waals surface area contributed by atoms with Crippen molar-refractivity contribution >= 4 is 40.4 Å². The molecule has 1 aliphatic rings. The number of amides is 3. The summed E-state index contributed by atoms with van der Waals surface area (Å²) in [5.74, 6) is -1.37. The molecule has 0 aromatic heterocycles. The predicted molar refractivity (Wildman–Crippen MR) is 143 cm³/mol. The predicted octanol–water partition coefficient (Wildman–Crippen LogP) is 5.77. The summed E-state index contributed by atoms with van der Waals surface area (Å²) in [6.07, 6.45) is -4.78. The number of halogens is 3. The first-order valence-electron chi connectivity index (χ1n) is 12.2. The van der Waals surface area contributed by atoms with E-state index < -0.39 is 23.6 Å². The highest BCUT2D eigenvalue weighted by molar-refractivity contribution is 6.35. The Balaban J connectivity index is 1.54. The highest BCUT2D eigenvalue weighted by Gasteiger charge is 2.39. The summed E-state index contributed by atoms with van der Waals surface area (Å²) in [5, 5.41) is 2.69. The number of alkyl halides is 3. The molecule has 4 rings (SSSR count). The molecule has 0 saturated carbocycles. The average Bonchev–Trinajstić information content (AvgIpc) is 3.16. The van der Waals surface area contributed by atoms with Crippen molar-refractivity contribution in [1.29, 1.82) is 0 Å². The van der Waals surface area contributed by atoms with Gasteiger partial charge in [0.1, 0.15) is 0 Å². The average molecular weight is 537 g/mol. The Hall–Kier alpha value is -4.60. The number of allylic oxidation sites excluding steroid dienone is 1. The second kappa shape index (κ2) is 11.0. The molecule has 0 saturated heterocycles. The van der Waals surface area contributed by atoms with Gasteiger partial charge in [-0.25, -0.2) is 0 Å². The number of aryl methyl sites for hydroxylation is 2. The van der Waals surface area contributed by atoms with E-state index in [4.69, 9.17) is 0 Å². The summed E-state index contributed by atoms with van der Waals surface area (Å²) >= 11 is 0. The molecule has 0 fully saturated rings. The van der Waals surface area contributed by atoms with Gasteiger partial charge in [0.15, 0.2) is 0 Å². The first-order chi connectivity index (χ1) is 18.4. The Morgan fingerprint density at radius 3 is 2.13 bits per heavy atom. The maximum atomic E-state index is 13.6. The third-order valence-corrected chi connectivity index (χ3v) is 6.12. The normalized spacial score (nSPS) is 14.1. The topological polar surface area (TPSA) is 90.5 Å². The SMILES string of the molecule is C/C(NNC(=O)CCC(=O)Nc1ccccc1)=C1/C(=O)N(c2cc(C)cc(C)c2)c2cc(C(F)(F)F)ccc21. The van der Waals surface area contributed by atoms with Crippen molar-refractivity contribution in [2.45, 2.75) is 39.8 Å². The van der Waals surface area contributed by atoms with Crippen molar-refractivity contribution in [3.05, 3.63) is 94.7 Å². The Morgan fingerprint density at radius 1 is 0.846 bits per heavy atom. The number of nitrogens with one attached hydrogen (secondary N) is 3. The van der Waals surface area contributed by atoms with E-state index in [-0.39, 0.29) is 35.7 Å². The van der Waals surface area contributed by atoms with Gasteiger partial charge in [-0.15, -0.1) is 0 Å². The zero-order valence-electron chi connectivity index (χ0n) is 21.6. The number of rotatable bonds is 7. The molecule has 10 heteroatoms. The molecule has 0 spiro atoms. The van der Waals surface area contributed by atoms with Crippen molar-refractivity contribution in [2.24, 2.45) is 0 Å². The molecule has 0 radical (unpaired) electrons. The number of anilines is 3. The minimum absolute atomic E-state index is 0.0690. The lowest BCUT2D eigenvalue weighted by molar-refractivity contribution is -0.137. The summed E-state index contributed by atoms with van der Waals surface area (Å²) in [4.78, 5) is 39.3. The number of nitrogens with zero attached hydrogens (tertiary/aromatic N) is 1. The van der Waals surface area contributed by atoms with Crippen LogP contribution in [0.3, 0.4) is 0 Å². The Labute approximate surface area is 223 Å². The van der Waals surface area contributed by atoms with E-state index in [9.17, 15) is 27.6 Å². The second-order valence-electron chi connectivity index (χ2n) is 9.30. The van der Waals surface area contributed by atoms with Crippen LogP contribution in [-0.4, -0.2) is 17.7 Å². The third kappa shape index (κ3) is 6.28. The lowest BCUT2D eigenvalue weighted by Gasteiger charge is -2.20. The van der Waals surface area contributed by atoms with Crippen LogP contribution < -0.4 is 21.1 Å². The summed E-state index contributed by atoms with van der Waals surface area (Å²) < 4.78 is 40.6. The van der Waals surface area contributed by atoms with Crippen LogP contribution in [0, 0.1) is 13.8 Å². The van der Waals surface area contributed by atoms with Crippen molar-refractivity contribution in [1.82, 2.24) is 10.9 Å². The molecule has 1 heterocycles. The largest absolute Gasteiger partial charge is 0.416 e. The van der Waals surface area contributed by atoms with E-state index in [1.54, 1.807) is 43.3 Å². The number of carbonyl (C=O) groups excluding carboxylic acids is 3. The number of hydrogen-bond acceptors (Lipinski definition) is 4. The Kier molecular flexibility index (Phi) is 7.75. The summed E-state index contributed by atoms with van der Waals surface area (Å²) in [6, 6.07) is 17.3. The quantitative estimate of drug-likeness (QED) is 0.264. The molecule has 3 amide bonds. The molecule has 0 aliphatic carbocycles. The van der Waals surface area contributed by atoms with Crippen LogP contribution in [0.2, 0.25) is 0 Å². The molecule has 3 aromatic rings. The molecule has 0 bridgehead atoms. The van der Waals surface area contributed by atoms with Crippen LogP contribution in [0.25, 0.3) is 5.57 Å². The first kappa shape index (κ1) is 27.4. The molecule has 3 aromatic carbocycles. The molecule has 7 nitrogen and oxygen atoms in total. The Bertz CT molecular complexity index is 1450. The fourth-order valence-electron chi connectivity index (χ4n) is 4.40. The molecule has 0 unspecified atom stereocenters. The van der Waals surface area contributed by atoms with Crippen LogP contribution >= 0.6 is 0 Å². The summed E-state index contributed by atoms with van der Waals surface area (Å²) in [7, 11) is 0. The molecular weight excluding hydrogens is 509 g/mol. The monoisotopic (exact) mass is 536 g/mol. The van der Waals surface area contributed by atoms with Crippen LogP contribution in [0.5, 0.6) is 0 Å². The standard InChI is InChI=1S/C29H27F3N4O3/c1-17-13-18(2)15-22(14-17)36-24-16-20(29(30,31)32)9-10-23(24)27(28(36)39)19(3)34-35-26(38)12-11-25(37)33-21-7-5-4-6-8-21/h4-10,13-16,34H,11-12H2,1-3H3,(H,33,37)(H,35,38)/b27-19-. The number of hydrogen-bond donors (Lipinski definition) is 3. The zero-order chi connectivity index (χ0) is 28.3. The number of carbonyl (C=O) groups is 3. The van der Waals surface area contributed by atoms with Gasteiger partial charge in [0, 0.05) is 35.5 Å². The molecule has 3 N–H and O–H groups in total. The van der Waals surface area contributed by atoms with E-state index in [0.717, 1.165) is 23.3 Å². The number of fused-ring (bicyclic) bond motifs is 1. The first-order valence-corrected chi connectivity index (χ1v) is 12.2. The molecule has 39 heavy (non-hydrogen) atoms. The lowest BCUT2D eigenvalue weighted by Crippen LogP contribution is -2.37. The van der Waals surface area contributed by atoms with E-state index >= 15 is 0 Å². The van der Waals surface area contributed by atoms with E-state index in [1.165, 1.54) is 11.0 Å². The molecule has 202 valence electrons. The summed E-state index contributed by atoms with van der Waals surface area (Å²) in [6.45, 7) is 5.22. The molecule has 0 atom stereocenters. The molecular formula is C29H27F3N4O3. The van der Waals surface area contributed by atoms with E-state index in [2.05, 4.69) is 16.2 Å². The van der Waals surface area contributed by atoms with Gasteiger partial charge in [-0.2, -0.15) is 13.2 Å². The van der Waals surface area contributed by atoms with Gasteiger partial charge < -0.3 is 10.7 Å². The zero-order valence-corrected chi connectivity index (χ0v) is 21.6. The van der Waals surface area contributed by atoms with Crippen LogP contribution in [0.1, 0.15) is 42.0 Å². The van der Waals surface area contributed by atoms with Crippen LogP contribution in [0.15, 0.2) is 72.4 Å². The van der Waals surface area contributed by atoms with E-state index in [0.29, 0.717) is 16.9 Å². The minimum atomic E-state index is -4.59. The maximum Gasteiger partial charge on any atom is 0.416 e. The van der Waals surface area contributed by atoms with Crippen molar-refractivity contribution in [3.8, 4) is 0 Å². The second-order valence-corrected chi connectivity index (χ2v) is 9.30. The number of para-hydroxylation sites is 1. The van der Waals surface area contributed by atoms with Gasteiger partial charge in [0.25, 0.3) is 5.91 Å². The van der Waals surface area contributed by atoms with E-state index in [1.807, 2.05) is 26.0 Å². The van der Waals surface area contributed by atoms with Crippen LogP contribution in [-0.2, 0) is 20.6 Å². The van der Waals surface area contributed by atoms with Gasteiger partial charge in [-0.3, -0.25) is 24.7 Å². The van der Waals surface area contributed by atoms with Crippen LogP contribution in [0.4, 0.5) is 30.2 Å².